The smallest absolute Gasteiger partial charge is 0.277 e. The number of aromatic nitrogens is 1. The van der Waals surface area contributed by atoms with E-state index in [1.807, 2.05) is 12.3 Å². The number of hydrogen-bond acceptors (Lipinski definition) is 1. The first kappa shape index (κ1) is 9.39. The van der Waals surface area contributed by atoms with Crippen LogP contribution in [0.1, 0.15) is 0 Å². The van der Waals surface area contributed by atoms with Crippen molar-refractivity contribution in [1.29, 1.82) is 0 Å². The van der Waals surface area contributed by atoms with Crippen molar-refractivity contribution in [3.63, 3.8) is 0 Å². The Kier molecular flexibility index (Phi) is 2.37. The number of pyridine rings is 1. The number of hydrogen-bond donors (Lipinski definition) is 0. The molecular weight excluding hydrogens is 165 g/mol. The fourth-order valence-corrected chi connectivity index (χ4v) is 1.78. The molecule has 0 aliphatic carbocycles. The summed E-state index contributed by atoms with van der Waals surface area (Å²) in [5, 5.41) is 3.82. The summed E-state index contributed by atoms with van der Waals surface area (Å²) in [4.78, 5) is 4.32. The molecule has 0 unspecified atom stereocenters. The van der Waals surface area contributed by atoms with E-state index in [4.69, 9.17) is 0 Å². The van der Waals surface area contributed by atoms with E-state index in [0.717, 1.165) is 5.52 Å². The average molecular weight is 173 g/mol. The van der Waals surface area contributed by atoms with E-state index < -0.39 is 0 Å². The summed E-state index contributed by atoms with van der Waals surface area (Å²) in [5.41, 5.74) is 1.09. The molecule has 1 nitrogen and oxygen atoms in total. The van der Waals surface area contributed by atoms with Gasteiger partial charge in [0, 0.05) is 6.20 Å². The van der Waals surface area contributed by atoms with Gasteiger partial charge in [0.05, 0.1) is 0 Å². The maximum atomic E-state index is 4.32. The van der Waals surface area contributed by atoms with E-state index in [2.05, 4.69) is 41.4 Å². The van der Waals surface area contributed by atoms with E-state index >= 15 is 0 Å². The molecule has 0 saturated carbocycles. The van der Waals surface area contributed by atoms with Gasteiger partial charge in [-0.15, -0.1) is 46.5 Å². The molecule has 0 fully saturated rings. The van der Waals surface area contributed by atoms with Gasteiger partial charge in [0.1, 0.15) is 0 Å². The fraction of sp³-hybridized carbons (Fsp3) is 0. The molecule has 0 radical (unpaired) electrons. The maximum Gasteiger partial charge on any atom is 1.00 e. The fourth-order valence-electron chi connectivity index (χ4n) is 1.78. The van der Waals surface area contributed by atoms with Gasteiger partial charge >= 0.3 is 18.9 Å². The normalized spacial score (nSPS) is 10.3. The van der Waals surface area contributed by atoms with Crippen molar-refractivity contribution in [2.45, 2.75) is 0 Å². The zero-order valence-corrected chi connectivity index (χ0v) is 8.07. The topological polar surface area (TPSA) is 12.9 Å². The number of benzene rings is 1. The standard InChI is InChI=1S/C12H8N.Li/c1-2-5-10-9(4-1)8-12-11(10)6-3-7-13-12;/h1-8H;/q-1;+1. The maximum absolute atomic E-state index is 4.32. The van der Waals surface area contributed by atoms with Gasteiger partial charge in [-0.3, -0.25) is 4.98 Å². The molecule has 0 N–H and O–H groups in total. The Hall–Kier alpha value is -1.16. The van der Waals surface area contributed by atoms with Crippen LogP contribution in [0.3, 0.4) is 0 Å². The van der Waals surface area contributed by atoms with Gasteiger partial charge < -0.3 is 0 Å². The van der Waals surface area contributed by atoms with Crippen LogP contribution < -0.4 is 18.9 Å². The van der Waals surface area contributed by atoms with Crippen LogP contribution in [0.2, 0.25) is 0 Å². The van der Waals surface area contributed by atoms with Crippen LogP contribution in [-0.4, -0.2) is 4.98 Å². The average Bonchev–Trinajstić information content (AvgIpc) is 2.56. The van der Waals surface area contributed by atoms with Crippen molar-refractivity contribution < 1.29 is 18.9 Å². The molecule has 62 valence electrons. The van der Waals surface area contributed by atoms with Crippen LogP contribution in [0.4, 0.5) is 0 Å². The van der Waals surface area contributed by atoms with Gasteiger partial charge in [-0.1, -0.05) is 12.1 Å². The third-order valence-electron chi connectivity index (χ3n) is 2.38. The predicted octanol–water partition coefficient (Wildman–Crippen LogP) is 0.111. The predicted molar refractivity (Wildman–Crippen MR) is 54.8 cm³/mol. The first-order chi connectivity index (χ1) is 6.45. The zero-order chi connectivity index (χ0) is 8.67. The summed E-state index contributed by atoms with van der Waals surface area (Å²) in [5.74, 6) is 0. The molecule has 14 heavy (non-hydrogen) atoms. The van der Waals surface area contributed by atoms with Crippen LogP contribution in [-0.2, 0) is 0 Å². The quantitative estimate of drug-likeness (QED) is 0.347. The van der Waals surface area contributed by atoms with E-state index in [-0.39, 0.29) is 18.9 Å². The van der Waals surface area contributed by atoms with Gasteiger partial charge in [0.2, 0.25) is 0 Å². The molecule has 0 spiro atoms. The van der Waals surface area contributed by atoms with Crippen molar-refractivity contribution in [2.75, 3.05) is 0 Å². The first-order valence-corrected chi connectivity index (χ1v) is 4.34. The van der Waals surface area contributed by atoms with Crippen LogP contribution in [0, 0.1) is 0 Å². The Bertz CT molecular complexity index is 518. The van der Waals surface area contributed by atoms with Crippen LogP contribution in [0.5, 0.6) is 0 Å². The minimum absolute atomic E-state index is 0. The van der Waals surface area contributed by atoms with Gasteiger partial charge in [0.25, 0.3) is 0 Å². The van der Waals surface area contributed by atoms with E-state index in [1.165, 1.54) is 16.2 Å². The minimum atomic E-state index is 0. The molecule has 2 heteroatoms. The number of nitrogens with zero attached hydrogens (tertiary/aromatic N) is 1. The molecule has 1 aromatic heterocycles. The molecule has 0 aliphatic rings. The molecule has 0 bridgehead atoms. The third-order valence-corrected chi connectivity index (χ3v) is 2.38. The van der Waals surface area contributed by atoms with E-state index in [1.54, 1.807) is 0 Å². The third kappa shape index (κ3) is 1.26. The minimum Gasteiger partial charge on any atom is -0.277 e. The first-order valence-electron chi connectivity index (χ1n) is 4.34. The summed E-state index contributed by atoms with van der Waals surface area (Å²) < 4.78 is 0. The van der Waals surface area contributed by atoms with Crippen molar-refractivity contribution in [3.05, 3.63) is 48.7 Å². The largest absolute Gasteiger partial charge is 1.00 e. The van der Waals surface area contributed by atoms with E-state index in [0.29, 0.717) is 0 Å². The number of rotatable bonds is 0. The zero-order valence-electron chi connectivity index (χ0n) is 8.07. The molecule has 3 aromatic rings. The van der Waals surface area contributed by atoms with Crippen molar-refractivity contribution in [2.24, 2.45) is 0 Å². The van der Waals surface area contributed by atoms with Gasteiger partial charge in [-0.2, -0.15) is 0 Å². The second-order valence-electron chi connectivity index (χ2n) is 3.17. The van der Waals surface area contributed by atoms with Gasteiger partial charge in [-0.05, 0) is 5.52 Å². The van der Waals surface area contributed by atoms with Crippen LogP contribution in [0.25, 0.3) is 21.7 Å². The Morgan fingerprint density at radius 1 is 0.929 bits per heavy atom. The summed E-state index contributed by atoms with van der Waals surface area (Å²) in [7, 11) is 0. The molecule has 0 saturated heterocycles. The monoisotopic (exact) mass is 173 g/mol. The van der Waals surface area contributed by atoms with Crippen molar-refractivity contribution in [3.8, 4) is 0 Å². The Balaban J connectivity index is 0.000000750. The Morgan fingerprint density at radius 2 is 1.71 bits per heavy atom. The summed E-state index contributed by atoms with van der Waals surface area (Å²) in [6, 6.07) is 14.6. The Morgan fingerprint density at radius 3 is 2.64 bits per heavy atom. The summed E-state index contributed by atoms with van der Waals surface area (Å²) in [6.45, 7) is 0. The molecule has 1 heterocycles. The molecule has 2 aromatic carbocycles. The molecular formula is C12H8LiN. The van der Waals surface area contributed by atoms with E-state index in [9.17, 15) is 0 Å². The van der Waals surface area contributed by atoms with Crippen LogP contribution >= 0.6 is 0 Å². The summed E-state index contributed by atoms with van der Waals surface area (Å²) >= 11 is 0. The van der Waals surface area contributed by atoms with Gasteiger partial charge in [0.15, 0.2) is 0 Å². The molecule has 0 amide bonds. The Labute approximate surface area is 94.3 Å². The number of fused-ring (bicyclic) bond motifs is 3. The molecule has 3 rings (SSSR count). The van der Waals surface area contributed by atoms with Crippen molar-refractivity contribution >= 4 is 21.7 Å². The molecule has 0 aliphatic heterocycles. The second-order valence-corrected chi connectivity index (χ2v) is 3.17. The van der Waals surface area contributed by atoms with Crippen molar-refractivity contribution in [1.82, 2.24) is 4.98 Å². The SMILES string of the molecule is [Li+].c1ccc2c(c1)[cH-]c1ncccc12. The van der Waals surface area contributed by atoms with Crippen LogP contribution in [0.15, 0.2) is 48.7 Å². The molecule has 0 atom stereocenters. The second kappa shape index (κ2) is 3.53. The summed E-state index contributed by atoms with van der Waals surface area (Å²) in [6.07, 6.45) is 1.83. The van der Waals surface area contributed by atoms with Gasteiger partial charge in [-0.25, -0.2) is 0 Å².